The molecule has 2 aromatic rings. The van der Waals surface area contributed by atoms with Crippen molar-refractivity contribution in [3.63, 3.8) is 0 Å². The molecule has 0 bridgehead atoms. The van der Waals surface area contributed by atoms with Gasteiger partial charge in [-0.2, -0.15) is 0 Å². The first kappa shape index (κ1) is 18.6. The average Bonchev–Trinajstić information content (AvgIpc) is 3.00. The van der Waals surface area contributed by atoms with Gasteiger partial charge in [0.2, 0.25) is 0 Å². The van der Waals surface area contributed by atoms with Gasteiger partial charge in [0.05, 0.1) is 31.5 Å². The van der Waals surface area contributed by atoms with Gasteiger partial charge in [0.25, 0.3) is 0 Å². The van der Waals surface area contributed by atoms with Crippen LogP contribution in [0.3, 0.4) is 0 Å². The van der Waals surface area contributed by atoms with E-state index < -0.39 is 5.79 Å². The average molecular weight is 368 g/mol. The van der Waals surface area contributed by atoms with Crippen LogP contribution in [0, 0.1) is 0 Å². The summed E-state index contributed by atoms with van der Waals surface area (Å²) in [6, 6.07) is 20.5. The molecule has 2 aliphatic rings. The lowest BCUT2D eigenvalue weighted by molar-refractivity contribution is -0.160. The van der Waals surface area contributed by atoms with Gasteiger partial charge in [0.1, 0.15) is 6.10 Å². The highest BCUT2D eigenvalue weighted by molar-refractivity contribution is 5.14. The summed E-state index contributed by atoms with van der Waals surface area (Å²) in [6.45, 7) is 5.13. The third kappa shape index (κ3) is 4.77. The van der Waals surface area contributed by atoms with E-state index in [-0.39, 0.29) is 24.4 Å². The molecule has 0 radical (unpaired) electrons. The minimum absolute atomic E-state index is 0.00953. The van der Waals surface area contributed by atoms with Crippen molar-refractivity contribution in [2.24, 2.45) is 0 Å². The standard InChI is InChI=1S/C23H28O4/c1-23(2)26-21-14-19(24-15-17-9-5-3-6-10-17)13-20(22(21)27-23)25-16-18-11-7-4-8-12-18/h3-12,19-22H,13-16H2,1-2H3/t19-,20-,21+,22?/m0/s1. The zero-order valence-electron chi connectivity index (χ0n) is 16.0. The van der Waals surface area contributed by atoms with Gasteiger partial charge in [-0.3, -0.25) is 0 Å². The van der Waals surface area contributed by atoms with Crippen molar-refractivity contribution in [1.29, 1.82) is 0 Å². The fraction of sp³-hybridized carbons (Fsp3) is 0.478. The monoisotopic (exact) mass is 368 g/mol. The van der Waals surface area contributed by atoms with E-state index in [4.69, 9.17) is 18.9 Å². The van der Waals surface area contributed by atoms with Gasteiger partial charge in [0.15, 0.2) is 5.79 Å². The predicted molar refractivity (Wildman–Crippen MR) is 103 cm³/mol. The van der Waals surface area contributed by atoms with Crippen LogP contribution in [-0.4, -0.2) is 30.2 Å². The summed E-state index contributed by atoms with van der Waals surface area (Å²) in [6.07, 6.45) is 1.69. The van der Waals surface area contributed by atoms with Gasteiger partial charge in [-0.15, -0.1) is 0 Å². The minimum atomic E-state index is -0.571. The molecular formula is C23H28O4. The molecule has 2 aromatic carbocycles. The molecule has 4 heteroatoms. The van der Waals surface area contributed by atoms with Gasteiger partial charge in [-0.1, -0.05) is 60.7 Å². The van der Waals surface area contributed by atoms with Gasteiger partial charge in [0, 0.05) is 12.8 Å². The summed E-state index contributed by atoms with van der Waals surface area (Å²) < 4.78 is 24.8. The quantitative estimate of drug-likeness (QED) is 0.754. The van der Waals surface area contributed by atoms with Crippen LogP contribution < -0.4 is 0 Å². The molecule has 4 rings (SSSR count). The summed E-state index contributed by atoms with van der Waals surface area (Å²) in [4.78, 5) is 0. The van der Waals surface area contributed by atoms with Crippen molar-refractivity contribution < 1.29 is 18.9 Å². The molecule has 0 aromatic heterocycles. The van der Waals surface area contributed by atoms with Crippen molar-refractivity contribution in [3.05, 3.63) is 71.8 Å². The normalized spacial score (nSPS) is 29.4. The maximum atomic E-state index is 6.27. The molecule has 144 valence electrons. The lowest BCUT2D eigenvalue weighted by Crippen LogP contribution is -2.46. The highest BCUT2D eigenvalue weighted by atomic mass is 16.8. The second kappa shape index (κ2) is 8.11. The van der Waals surface area contributed by atoms with Gasteiger partial charge in [-0.25, -0.2) is 0 Å². The van der Waals surface area contributed by atoms with Crippen LogP contribution in [0.4, 0.5) is 0 Å². The van der Waals surface area contributed by atoms with Crippen molar-refractivity contribution in [1.82, 2.24) is 0 Å². The summed E-state index contributed by atoms with van der Waals surface area (Å²) in [5.41, 5.74) is 2.35. The van der Waals surface area contributed by atoms with E-state index >= 15 is 0 Å². The fourth-order valence-corrected chi connectivity index (χ4v) is 3.97. The van der Waals surface area contributed by atoms with E-state index in [1.54, 1.807) is 0 Å². The third-order valence-corrected chi connectivity index (χ3v) is 5.21. The van der Waals surface area contributed by atoms with Crippen LogP contribution in [0.5, 0.6) is 0 Å². The van der Waals surface area contributed by atoms with Gasteiger partial charge in [-0.05, 0) is 25.0 Å². The third-order valence-electron chi connectivity index (χ3n) is 5.21. The van der Waals surface area contributed by atoms with Crippen LogP contribution in [-0.2, 0) is 32.2 Å². The summed E-state index contributed by atoms with van der Waals surface area (Å²) in [7, 11) is 0. The lowest BCUT2D eigenvalue weighted by atomic mass is 9.89. The Labute approximate surface area is 161 Å². The molecule has 1 unspecified atom stereocenters. The SMILES string of the molecule is CC1(C)OC2[C@@H](OCc3ccccc3)C[C@H](OCc3ccccc3)C[C@H]2O1. The molecule has 0 spiro atoms. The molecule has 1 aliphatic carbocycles. The van der Waals surface area contributed by atoms with Crippen molar-refractivity contribution in [2.45, 2.75) is 70.1 Å². The Morgan fingerprint density at radius 2 is 1.41 bits per heavy atom. The Morgan fingerprint density at radius 3 is 2.04 bits per heavy atom. The second-order valence-electron chi connectivity index (χ2n) is 7.86. The zero-order chi connectivity index (χ0) is 18.7. The second-order valence-corrected chi connectivity index (χ2v) is 7.86. The van der Waals surface area contributed by atoms with Gasteiger partial charge < -0.3 is 18.9 Å². The summed E-state index contributed by atoms with van der Waals surface area (Å²) in [5.74, 6) is -0.571. The predicted octanol–water partition coefficient (Wildman–Crippen LogP) is 4.47. The van der Waals surface area contributed by atoms with Crippen LogP contribution in [0.2, 0.25) is 0 Å². The lowest BCUT2D eigenvalue weighted by Gasteiger charge is -2.36. The Bertz CT molecular complexity index is 716. The highest BCUT2D eigenvalue weighted by Crippen LogP contribution is 2.39. The van der Waals surface area contributed by atoms with Crippen LogP contribution >= 0.6 is 0 Å². The number of fused-ring (bicyclic) bond motifs is 1. The number of benzene rings is 2. The first-order chi connectivity index (χ1) is 13.1. The van der Waals surface area contributed by atoms with Crippen molar-refractivity contribution in [3.8, 4) is 0 Å². The molecule has 2 fully saturated rings. The number of hydrogen-bond donors (Lipinski definition) is 0. The number of hydrogen-bond acceptors (Lipinski definition) is 4. The maximum absolute atomic E-state index is 6.27. The van der Waals surface area contributed by atoms with E-state index in [1.165, 1.54) is 11.1 Å². The Hall–Kier alpha value is -1.72. The van der Waals surface area contributed by atoms with Crippen LogP contribution in [0.15, 0.2) is 60.7 Å². The summed E-state index contributed by atoms with van der Waals surface area (Å²) >= 11 is 0. The largest absolute Gasteiger partial charge is 0.373 e. The van der Waals surface area contributed by atoms with Crippen molar-refractivity contribution >= 4 is 0 Å². The first-order valence-corrected chi connectivity index (χ1v) is 9.76. The molecule has 1 saturated carbocycles. The zero-order valence-corrected chi connectivity index (χ0v) is 16.0. The van der Waals surface area contributed by atoms with Gasteiger partial charge >= 0.3 is 0 Å². The molecule has 27 heavy (non-hydrogen) atoms. The van der Waals surface area contributed by atoms with Crippen LogP contribution in [0.25, 0.3) is 0 Å². The smallest absolute Gasteiger partial charge is 0.163 e. The number of ether oxygens (including phenoxy) is 4. The van der Waals surface area contributed by atoms with E-state index in [0.717, 1.165) is 12.8 Å². The Morgan fingerprint density at radius 1 is 0.815 bits per heavy atom. The first-order valence-electron chi connectivity index (χ1n) is 9.76. The van der Waals surface area contributed by atoms with E-state index in [2.05, 4.69) is 24.3 Å². The molecule has 1 aliphatic heterocycles. The van der Waals surface area contributed by atoms with Crippen molar-refractivity contribution in [2.75, 3.05) is 0 Å². The molecule has 0 N–H and O–H groups in total. The fourth-order valence-electron chi connectivity index (χ4n) is 3.97. The summed E-state index contributed by atoms with van der Waals surface area (Å²) in [5, 5.41) is 0. The Kier molecular flexibility index (Phi) is 5.60. The highest BCUT2D eigenvalue weighted by Gasteiger charge is 2.50. The molecule has 1 heterocycles. The maximum Gasteiger partial charge on any atom is 0.163 e. The number of rotatable bonds is 6. The van der Waals surface area contributed by atoms with Crippen LogP contribution in [0.1, 0.15) is 37.8 Å². The Balaban J connectivity index is 1.41. The van der Waals surface area contributed by atoms with E-state index in [1.807, 2.05) is 50.2 Å². The van der Waals surface area contributed by atoms with E-state index in [0.29, 0.717) is 13.2 Å². The molecular weight excluding hydrogens is 340 g/mol. The molecule has 4 nitrogen and oxygen atoms in total. The molecule has 0 amide bonds. The minimum Gasteiger partial charge on any atom is -0.373 e. The topological polar surface area (TPSA) is 36.9 Å². The molecule has 1 saturated heterocycles. The molecule has 4 atom stereocenters. The van der Waals surface area contributed by atoms with E-state index in [9.17, 15) is 0 Å².